The average molecular weight is 311 g/mol. The van der Waals surface area contributed by atoms with E-state index in [9.17, 15) is 18.4 Å². The molecule has 0 bridgehead atoms. The van der Waals surface area contributed by atoms with Crippen LogP contribution >= 0.6 is 0 Å². The minimum Gasteiger partial charge on any atom is -0.480 e. The summed E-state index contributed by atoms with van der Waals surface area (Å²) in [7, 11) is 0. The van der Waals surface area contributed by atoms with Crippen molar-refractivity contribution in [2.45, 2.75) is 18.4 Å². The zero-order valence-electron chi connectivity index (χ0n) is 11.7. The number of carboxylic acid groups (broad SMARTS) is 1. The van der Waals surface area contributed by atoms with Crippen LogP contribution in [-0.2, 0) is 14.3 Å². The molecule has 7 heteroatoms. The number of halogens is 2. The van der Waals surface area contributed by atoms with Crippen molar-refractivity contribution in [1.82, 2.24) is 4.90 Å². The summed E-state index contributed by atoms with van der Waals surface area (Å²) in [6.07, 6.45) is 0.449. The van der Waals surface area contributed by atoms with E-state index in [1.54, 1.807) is 0 Å². The number of nitrogens with zero attached hydrogens (tertiary/aromatic N) is 1. The highest BCUT2D eigenvalue weighted by molar-refractivity contribution is 5.88. The summed E-state index contributed by atoms with van der Waals surface area (Å²) in [4.78, 5) is 24.9. The second kappa shape index (κ2) is 5.64. The number of ether oxygens (including phenoxy) is 1. The third-order valence-electron chi connectivity index (χ3n) is 4.17. The van der Waals surface area contributed by atoms with Gasteiger partial charge in [-0.1, -0.05) is 6.07 Å². The van der Waals surface area contributed by atoms with Gasteiger partial charge in [-0.15, -0.1) is 0 Å². The van der Waals surface area contributed by atoms with Gasteiger partial charge < -0.3 is 14.7 Å². The molecule has 1 saturated heterocycles. The summed E-state index contributed by atoms with van der Waals surface area (Å²) < 4.78 is 31.8. The van der Waals surface area contributed by atoms with Crippen molar-refractivity contribution in [3.63, 3.8) is 0 Å². The van der Waals surface area contributed by atoms with Crippen LogP contribution in [0.1, 0.15) is 17.9 Å². The molecule has 0 aromatic heterocycles. The van der Waals surface area contributed by atoms with E-state index in [-0.39, 0.29) is 31.6 Å². The highest BCUT2D eigenvalue weighted by atomic mass is 19.1. The molecule has 1 aliphatic heterocycles. The maximum Gasteiger partial charge on any atom is 0.328 e. The van der Waals surface area contributed by atoms with Gasteiger partial charge in [-0.05, 0) is 24.0 Å². The standard InChI is InChI=1S/C15H15F2NO4/c16-8-1-2-9(12(17)5-8)10-6-11(10)14(19)18-3-4-22-7-13(18)15(20)21/h1-2,5,10-11,13H,3-4,6-7H2,(H,20,21)/t10-,11-,13-/m0/s1. The van der Waals surface area contributed by atoms with E-state index in [4.69, 9.17) is 9.84 Å². The van der Waals surface area contributed by atoms with Crippen molar-refractivity contribution >= 4 is 11.9 Å². The molecule has 3 atom stereocenters. The minimum atomic E-state index is -1.11. The van der Waals surface area contributed by atoms with Gasteiger partial charge in [0.15, 0.2) is 6.04 Å². The van der Waals surface area contributed by atoms with Gasteiger partial charge in [0.05, 0.1) is 13.2 Å². The van der Waals surface area contributed by atoms with Crippen LogP contribution in [0.25, 0.3) is 0 Å². The van der Waals surface area contributed by atoms with Crippen LogP contribution in [0.3, 0.4) is 0 Å². The lowest BCUT2D eigenvalue weighted by atomic mass is 10.1. The number of hydrogen-bond donors (Lipinski definition) is 1. The lowest BCUT2D eigenvalue weighted by Gasteiger charge is -2.33. The van der Waals surface area contributed by atoms with Crippen LogP contribution in [0.4, 0.5) is 8.78 Å². The van der Waals surface area contributed by atoms with E-state index in [1.165, 1.54) is 11.0 Å². The van der Waals surface area contributed by atoms with Gasteiger partial charge in [0, 0.05) is 18.5 Å². The Labute approximate surface area is 125 Å². The Hall–Kier alpha value is -2.02. The zero-order chi connectivity index (χ0) is 15.9. The van der Waals surface area contributed by atoms with Gasteiger partial charge in [0.25, 0.3) is 0 Å². The fourth-order valence-corrected chi connectivity index (χ4v) is 2.90. The van der Waals surface area contributed by atoms with Gasteiger partial charge in [-0.2, -0.15) is 0 Å². The van der Waals surface area contributed by atoms with Crippen LogP contribution in [0.15, 0.2) is 18.2 Å². The summed E-state index contributed by atoms with van der Waals surface area (Å²) in [6, 6.07) is 2.30. The van der Waals surface area contributed by atoms with Crippen molar-refractivity contribution in [1.29, 1.82) is 0 Å². The largest absolute Gasteiger partial charge is 0.480 e. The number of rotatable bonds is 3. The molecule has 22 heavy (non-hydrogen) atoms. The first-order chi connectivity index (χ1) is 10.5. The van der Waals surface area contributed by atoms with Crippen molar-refractivity contribution in [2.24, 2.45) is 5.92 Å². The monoisotopic (exact) mass is 311 g/mol. The SMILES string of the molecule is O=C(O)[C@@H]1COCCN1C(=O)[C@H]1C[C@H]1c1ccc(F)cc1F. The first kappa shape index (κ1) is 14.9. The Balaban J connectivity index is 1.73. The molecular formula is C15H15F2NO4. The number of amides is 1. The summed E-state index contributed by atoms with van der Waals surface area (Å²) in [5.41, 5.74) is 0.305. The van der Waals surface area contributed by atoms with Crippen LogP contribution < -0.4 is 0 Å². The Morgan fingerprint density at radius 1 is 1.32 bits per heavy atom. The van der Waals surface area contributed by atoms with Crippen LogP contribution in [0.5, 0.6) is 0 Å². The fraction of sp³-hybridized carbons (Fsp3) is 0.467. The van der Waals surface area contributed by atoms with Crippen LogP contribution in [0.2, 0.25) is 0 Å². The topological polar surface area (TPSA) is 66.8 Å². The maximum atomic E-state index is 13.7. The molecule has 0 spiro atoms. The molecule has 1 N–H and O–H groups in total. The molecule has 1 aromatic carbocycles. The number of hydrogen-bond acceptors (Lipinski definition) is 3. The third-order valence-corrected chi connectivity index (χ3v) is 4.17. The van der Waals surface area contributed by atoms with E-state index >= 15 is 0 Å². The fourth-order valence-electron chi connectivity index (χ4n) is 2.90. The van der Waals surface area contributed by atoms with Crippen molar-refractivity contribution in [2.75, 3.05) is 19.8 Å². The van der Waals surface area contributed by atoms with E-state index < -0.39 is 29.6 Å². The van der Waals surface area contributed by atoms with Crippen molar-refractivity contribution in [3.05, 3.63) is 35.4 Å². The molecule has 118 valence electrons. The Morgan fingerprint density at radius 2 is 2.09 bits per heavy atom. The first-order valence-electron chi connectivity index (χ1n) is 7.05. The first-order valence-corrected chi connectivity index (χ1v) is 7.05. The third kappa shape index (κ3) is 2.68. The average Bonchev–Trinajstić information content (AvgIpc) is 3.26. The van der Waals surface area contributed by atoms with Crippen LogP contribution in [-0.4, -0.2) is 47.7 Å². The van der Waals surface area contributed by atoms with Crippen LogP contribution in [0, 0.1) is 17.6 Å². The molecule has 3 rings (SSSR count). The van der Waals surface area contributed by atoms with E-state index in [0.717, 1.165) is 12.1 Å². The van der Waals surface area contributed by atoms with E-state index in [2.05, 4.69) is 0 Å². The molecule has 2 fully saturated rings. The highest BCUT2D eigenvalue weighted by Crippen LogP contribution is 2.49. The predicted octanol–water partition coefficient (Wildman–Crippen LogP) is 1.38. The maximum absolute atomic E-state index is 13.7. The number of morpholine rings is 1. The molecular weight excluding hydrogens is 296 g/mol. The summed E-state index contributed by atoms with van der Waals surface area (Å²) in [6.45, 7) is 0.464. The molecule has 0 radical (unpaired) electrons. The lowest BCUT2D eigenvalue weighted by molar-refractivity contribution is -0.158. The molecule has 5 nitrogen and oxygen atoms in total. The van der Waals surface area contributed by atoms with Crippen molar-refractivity contribution < 1.29 is 28.2 Å². The van der Waals surface area contributed by atoms with Gasteiger partial charge in [-0.3, -0.25) is 4.79 Å². The van der Waals surface area contributed by atoms with Gasteiger partial charge in [-0.25, -0.2) is 13.6 Å². The zero-order valence-corrected chi connectivity index (χ0v) is 11.7. The van der Waals surface area contributed by atoms with Gasteiger partial charge in [0.2, 0.25) is 5.91 Å². The molecule has 0 unspecified atom stereocenters. The highest BCUT2D eigenvalue weighted by Gasteiger charge is 2.49. The summed E-state index contributed by atoms with van der Waals surface area (Å²) in [5.74, 6) is -3.51. The summed E-state index contributed by atoms with van der Waals surface area (Å²) >= 11 is 0. The second-order valence-electron chi connectivity index (χ2n) is 5.58. The Bertz CT molecular complexity index is 622. The van der Waals surface area contributed by atoms with E-state index in [1.807, 2.05) is 0 Å². The molecule has 1 heterocycles. The van der Waals surface area contributed by atoms with Gasteiger partial charge >= 0.3 is 5.97 Å². The van der Waals surface area contributed by atoms with Crippen molar-refractivity contribution in [3.8, 4) is 0 Å². The molecule has 1 aliphatic carbocycles. The predicted molar refractivity (Wildman–Crippen MR) is 71.2 cm³/mol. The smallest absolute Gasteiger partial charge is 0.328 e. The molecule has 2 aliphatic rings. The number of carbonyl (C=O) groups excluding carboxylic acids is 1. The van der Waals surface area contributed by atoms with E-state index in [0.29, 0.717) is 12.0 Å². The minimum absolute atomic E-state index is 0.0383. The number of carbonyl (C=O) groups is 2. The normalized spacial score (nSPS) is 27.5. The Kier molecular flexibility index (Phi) is 3.82. The quantitative estimate of drug-likeness (QED) is 0.916. The molecule has 1 amide bonds. The number of benzene rings is 1. The lowest BCUT2D eigenvalue weighted by Crippen LogP contribution is -2.53. The van der Waals surface area contributed by atoms with Gasteiger partial charge in [0.1, 0.15) is 11.6 Å². The summed E-state index contributed by atoms with van der Waals surface area (Å²) in [5, 5.41) is 9.14. The number of aliphatic carboxylic acids is 1. The second-order valence-corrected chi connectivity index (χ2v) is 5.58. The Morgan fingerprint density at radius 3 is 2.77 bits per heavy atom. The molecule has 1 saturated carbocycles. The molecule has 1 aromatic rings. The number of carboxylic acids is 1.